The Morgan fingerprint density at radius 1 is 1.23 bits per heavy atom. The van der Waals surface area contributed by atoms with Crippen molar-refractivity contribution in [3.8, 4) is 0 Å². The highest BCUT2D eigenvalue weighted by Crippen LogP contribution is 2.25. The van der Waals surface area contributed by atoms with E-state index in [2.05, 4.69) is 19.9 Å². The number of hydrogen-bond donors (Lipinski definition) is 0. The molecule has 4 heterocycles. The number of amides is 1. The summed E-state index contributed by atoms with van der Waals surface area (Å²) in [4.78, 5) is 29.6. The third-order valence-electron chi connectivity index (χ3n) is 5.12. The van der Waals surface area contributed by atoms with Crippen molar-refractivity contribution in [1.29, 1.82) is 0 Å². The van der Waals surface area contributed by atoms with Crippen LogP contribution in [0.5, 0.6) is 0 Å². The van der Waals surface area contributed by atoms with Gasteiger partial charge in [-0.25, -0.2) is 4.98 Å². The molecule has 2 saturated heterocycles. The van der Waals surface area contributed by atoms with Crippen LogP contribution in [0.3, 0.4) is 0 Å². The van der Waals surface area contributed by atoms with Crippen molar-refractivity contribution in [2.24, 2.45) is 0 Å². The maximum absolute atomic E-state index is 12.8. The first-order chi connectivity index (χ1) is 12.7. The molecule has 0 aromatic carbocycles. The van der Waals surface area contributed by atoms with E-state index in [0.29, 0.717) is 18.8 Å². The largest absolute Gasteiger partial charge is 0.375 e. The van der Waals surface area contributed by atoms with Gasteiger partial charge in [0.25, 0.3) is 5.91 Å². The third kappa shape index (κ3) is 3.59. The molecule has 7 heteroatoms. The third-order valence-corrected chi connectivity index (χ3v) is 5.12. The fourth-order valence-corrected chi connectivity index (χ4v) is 3.71. The monoisotopic (exact) mass is 353 g/mol. The van der Waals surface area contributed by atoms with E-state index in [1.54, 1.807) is 12.4 Å². The van der Waals surface area contributed by atoms with Gasteiger partial charge in [-0.15, -0.1) is 0 Å². The molecule has 0 bridgehead atoms. The number of likely N-dealkylation sites (tertiary alicyclic amines) is 1. The van der Waals surface area contributed by atoms with E-state index >= 15 is 0 Å². The summed E-state index contributed by atoms with van der Waals surface area (Å²) in [5.74, 6) is -0.0506. The lowest BCUT2D eigenvalue weighted by molar-refractivity contribution is -0.101. The number of aryl methyl sites for hydroxylation is 1. The number of morpholine rings is 1. The maximum atomic E-state index is 12.8. The van der Waals surface area contributed by atoms with Crippen molar-refractivity contribution in [1.82, 2.24) is 24.8 Å². The SMILES string of the molecule is Cc1cnc(C(=O)N2CC[C@@H]3OCCN(Cc4ccncc4)[C@H]3C2)cn1. The number of nitrogens with zero attached hydrogens (tertiary/aromatic N) is 5. The minimum atomic E-state index is -0.0506. The smallest absolute Gasteiger partial charge is 0.274 e. The van der Waals surface area contributed by atoms with Gasteiger partial charge in [-0.05, 0) is 31.0 Å². The van der Waals surface area contributed by atoms with Crippen molar-refractivity contribution in [3.05, 3.63) is 53.9 Å². The topological polar surface area (TPSA) is 71.5 Å². The lowest BCUT2D eigenvalue weighted by Crippen LogP contribution is -2.60. The second-order valence-corrected chi connectivity index (χ2v) is 6.89. The number of piperidine rings is 1. The summed E-state index contributed by atoms with van der Waals surface area (Å²) in [6.07, 6.45) is 7.87. The first-order valence-corrected chi connectivity index (χ1v) is 9.03. The van der Waals surface area contributed by atoms with Crippen LogP contribution in [-0.4, -0.2) is 69.0 Å². The van der Waals surface area contributed by atoms with E-state index in [-0.39, 0.29) is 18.1 Å². The van der Waals surface area contributed by atoms with Crippen molar-refractivity contribution in [2.75, 3.05) is 26.2 Å². The fraction of sp³-hybridized carbons (Fsp3) is 0.474. The molecule has 1 amide bonds. The normalized spacial score (nSPS) is 23.5. The molecule has 2 aromatic rings. The summed E-state index contributed by atoms with van der Waals surface area (Å²) in [5.41, 5.74) is 2.45. The maximum Gasteiger partial charge on any atom is 0.274 e. The highest BCUT2D eigenvalue weighted by molar-refractivity contribution is 5.92. The van der Waals surface area contributed by atoms with Gasteiger partial charge >= 0.3 is 0 Å². The van der Waals surface area contributed by atoms with Gasteiger partial charge in [-0.2, -0.15) is 0 Å². The van der Waals surface area contributed by atoms with E-state index in [1.807, 2.05) is 36.4 Å². The highest BCUT2D eigenvalue weighted by Gasteiger charge is 2.38. The molecular weight excluding hydrogens is 330 g/mol. The molecule has 0 aliphatic carbocycles. The number of carbonyl (C=O) groups is 1. The predicted molar refractivity (Wildman–Crippen MR) is 95.5 cm³/mol. The van der Waals surface area contributed by atoms with Crippen LogP contribution in [0.2, 0.25) is 0 Å². The number of ether oxygens (including phenoxy) is 1. The van der Waals surface area contributed by atoms with E-state index in [1.165, 1.54) is 5.56 Å². The second-order valence-electron chi connectivity index (χ2n) is 6.89. The zero-order chi connectivity index (χ0) is 17.9. The minimum Gasteiger partial charge on any atom is -0.375 e. The summed E-state index contributed by atoms with van der Waals surface area (Å²) in [6, 6.07) is 4.28. The molecule has 2 aliphatic rings. The van der Waals surface area contributed by atoms with Gasteiger partial charge < -0.3 is 9.64 Å². The van der Waals surface area contributed by atoms with E-state index in [4.69, 9.17) is 4.74 Å². The van der Waals surface area contributed by atoms with Gasteiger partial charge in [0, 0.05) is 44.8 Å². The molecule has 26 heavy (non-hydrogen) atoms. The van der Waals surface area contributed by atoms with Crippen LogP contribution < -0.4 is 0 Å². The van der Waals surface area contributed by atoms with E-state index in [9.17, 15) is 4.79 Å². The van der Waals surface area contributed by atoms with Crippen LogP contribution in [0.4, 0.5) is 0 Å². The van der Waals surface area contributed by atoms with Crippen LogP contribution >= 0.6 is 0 Å². The fourth-order valence-electron chi connectivity index (χ4n) is 3.71. The van der Waals surface area contributed by atoms with Crippen LogP contribution in [0, 0.1) is 6.92 Å². The summed E-state index contributed by atoms with van der Waals surface area (Å²) >= 11 is 0. The molecule has 136 valence electrons. The van der Waals surface area contributed by atoms with Crippen molar-refractivity contribution < 1.29 is 9.53 Å². The molecule has 7 nitrogen and oxygen atoms in total. The lowest BCUT2D eigenvalue weighted by Gasteiger charge is -2.47. The highest BCUT2D eigenvalue weighted by atomic mass is 16.5. The molecule has 4 rings (SSSR count). The Bertz CT molecular complexity index is 752. The van der Waals surface area contributed by atoms with E-state index < -0.39 is 0 Å². The number of carbonyl (C=O) groups excluding carboxylic acids is 1. The van der Waals surface area contributed by atoms with Gasteiger partial charge in [0.1, 0.15) is 5.69 Å². The first-order valence-electron chi connectivity index (χ1n) is 9.03. The predicted octanol–water partition coefficient (Wildman–Crippen LogP) is 1.30. The second kappa shape index (κ2) is 7.47. The first kappa shape index (κ1) is 17.1. The molecule has 2 aliphatic heterocycles. The van der Waals surface area contributed by atoms with Crippen molar-refractivity contribution >= 4 is 5.91 Å². The van der Waals surface area contributed by atoms with E-state index in [0.717, 1.165) is 31.8 Å². The zero-order valence-electron chi connectivity index (χ0n) is 14.9. The Balaban J connectivity index is 1.48. The summed E-state index contributed by atoms with van der Waals surface area (Å²) < 4.78 is 5.98. The number of aromatic nitrogens is 3. The molecule has 2 fully saturated rings. The van der Waals surface area contributed by atoms with Crippen molar-refractivity contribution in [2.45, 2.75) is 32.0 Å². The van der Waals surface area contributed by atoms with Crippen LogP contribution in [0.25, 0.3) is 0 Å². The molecular formula is C19H23N5O2. The number of fused-ring (bicyclic) bond motifs is 1. The molecule has 2 aromatic heterocycles. The van der Waals surface area contributed by atoms with Gasteiger partial charge in [-0.1, -0.05) is 0 Å². The molecule has 2 atom stereocenters. The molecule has 0 saturated carbocycles. The Morgan fingerprint density at radius 2 is 2.08 bits per heavy atom. The minimum absolute atomic E-state index is 0.0506. The van der Waals surface area contributed by atoms with Gasteiger partial charge in [-0.3, -0.25) is 19.7 Å². The molecule has 0 radical (unpaired) electrons. The number of pyridine rings is 1. The van der Waals surface area contributed by atoms with Gasteiger partial charge in [0.2, 0.25) is 0 Å². The lowest BCUT2D eigenvalue weighted by atomic mass is 9.97. The van der Waals surface area contributed by atoms with Crippen molar-refractivity contribution in [3.63, 3.8) is 0 Å². The molecule has 0 N–H and O–H groups in total. The standard InChI is InChI=1S/C19H23N5O2/c1-14-10-22-16(11-21-14)19(25)24-7-4-18-17(13-24)23(8-9-26-18)12-15-2-5-20-6-3-15/h2-3,5-6,10-11,17-18H,4,7-9,12-13H2,1H3/t17-,18-/m0/s1. The summed E-state index contributed by atoms with van der Waals surface area (Å²) in [7, 11) is 0. The zero-order valence-corrected chi connectivity index (χ0v) is 14.9. The number of hydrogen-bond acceptors (Lipinski definition) is 6. The Labute approximate surface area is 153 Å². The van der Waals surface area contributed by atoms with Crippen LogP contribution in [0.15, 0.2) is 36.9 Å². The van der Waals surface area contributed by atoms with Gasteiger partial charge in [0.15, 0.2) is 0 Å². The summed E-state index contributed by atoms with van der Waals surface area (Å²) in [6.45, 7) is 5.67. The van der Waals surface area contributed by atoms with Gasteiger partial charge in [0.05, 0.1) is 30.6 Å². The number of rotatable bonds is 3. The Hall–Kier alpha value is -2.38. The van der Waals surface area contributed by atoms with Crippen LogP contribution in [-0.2, 0) is 11.3 Å². The Kier molecular flexibility index (Phi) is 4.90. The summed E-state index contributed by atoms with van der Waals surface area (Å²) in [5, 5.41) is 0. The molecule has 0 spiro atoms. The van der Waals surface area contributed by atoms with Crippen LogP contribution in [0.1, 0.15) is 28.2 Å². The Morgan fingerprint density at radius 3 is 2.85 bits per heavy atom. The molecule has 0 unspecified atom stereocenters. The quantitative estimate of drug-likeness (QED) is 0.828. The average Bonchev–Trinajstić information content (AvgIpc) is 2.69. The average molecular weight is 353 g/mol.